The summed E-state index contributed by atoms with van der Waals surface area (Å²) in [6.07, 6.45) is 2.21. The van der Waals surface area contributed by atoms with Gasteiger partial charge in [-0.15, -0.1) is 0 Å². The Morgan fingerprint density at radius 1 is 1.75 bits per heavy atom. The fourth-order valence-electron chi connectivity index (χ4n) is 0.590. The van der Waals surface area contributed by atoms with Gasteiger partial charge in [-0.1, -0.05) is 18.7 Å². The highest BCUT2D eigenvalue weighted by Crippen LogP contribution is 2.20. The van der Waals surface area contributed by atoms with Crippen LogP contribution in [0.4, 0.5) is 0 Å². The first-order valence-electron chi connectivity index (χ1n) is 3.84. The highest BCUT2D eigenvalue weighted by molar-refractivity contribution is 7.99. The van der Waals surface area contributed by atoms with Gasteiger partial charge in [0.2, 0.25) is 0 Å². The smallest absolute Gasteiger partial charge is 0.183 e. The Balaban J connectivity index is 2.36. The number of thioether (sulfide) groups is 1. The molecule has 0 aromatic carbocycles. The molecule has 1 aromatic rings. The molecule has 68 valence electrons. The third kappa shape index (κ3) is 2.83. The quantitative estimate of drug-likeness (QED) is 0.692. The van der Waals surface area contributed by atoms with Gasteiger partial charge in [0.25, 0.3) is 0 Å². The monoisotopic (exact) mass is 187 g/mol. The van der Waals surface area contributed by atoms with Crippen LogP contribution in [-0.2, 0) is 0 Å². The van der Waals surface area contributed by atoms with Crippen molar-refractivity contribution in [2.24, 2.45) is 0 Å². The van der Waals surface area contributed by atoms with E-state index in [1.807, 2.05) is 13.8 Å². The van der Waals surface area contributed by atoms with Gasteiger partial charge < -0.3 is 5.11 Å². The van der Waals surface area contributed by atoms with Crippen LogP contribution in [0.5, 0.6) is 0 Å². The van der Waals surface area contributed by atoms with Crippen molar-refractivity contribution in [3.05, 3.63) is 6.33 Å². The maximum atomic E-state index is 9.64. The summed E-state index contributed by atoms with van der Waals surface area (Å²) < 4.78 is 0. The second kappa shape index (κ2) is 3.91. The molecule has 4 nitrogen and oxygen atoms in total. The Morgan fingerprint density at radius 2 is 2.50 bits per heavy atom. The summed E-state index contributed by atoms with van der Waals surface area (Å²) >= 11 is 1.48. The summed E-state index contributed by atoms with van der Waals surface area (Å²) in [4.78, 5) is 3.94. The van der Waals surface area contributed by atoms with Crippen molar-refractivity contribution < 1.29 is 5.11 Å². The third-order valence-electron chi connectivity index (χ3n) is 1.67. The number of rotatable bonds is 4. The minimum absolute atomic E-state index is 0.614. The lowest BCUT2D eigenvalue weighted by molar-refractivity contribution is 0.0815. The molecule has 1 heterocycles. The van der Waals surface area contributed by atoms with E-state index in [0.717, 1.165) is 11.6 Å². The first kappa shape index (κ1) is 9.54. The Labute approximate surface area is 75.8 Å². The highest BCUT2D eigenvalue weighted by Gasteiger charge is 2.18. The van der Waals surface area contributed by atoms with E-state index in [0.29, 0.717) is 5.75 Å². The minimum atomic E-state index is -0.614. The van der Waals surface area contributed by atoms with Crippen LogP contribution in [0.1, 0.15) is 20.3 Å². The summed E-state index contributed by atoms with van der Waals surface area (Å²) in [5, 5.41) is 16.8. The molecule has 1 aromatic heterocycles. The van der Waals surface area contributed by atoms with Crippen molar-refractivity contribution in [3.8, 4) is 0 Å². The molecule has 1 rings (SSSR count). The molecule has 1 unspecified atom stereocenters. The fraction of sp³-hybridized carbons (Fsp3) is 0.714. The fourth-order valence-corrected chi connectivity index (χ4v) is 1.48. The second-order valence-electron chi connectivity index (χ2n) is 2.93. The lowest BCUT2D eigenvalue weighted by Gasteiger charge is -2.19. The SMILES string of the molecule is CCC(C)(O)CSc1ncn[nH]1. The molecule has 0 aliphatic rings. The van der Waals surface area contributed by atoms with Gasteiger partial charge in [0.05, 0.1) is 5.60 Å². The molecule has 0 radical (unpaired) electrons. The number of nitrogens with one attached hydrogen (secondary N) is 1. The van der Waals surface area contributed by atoms with Crippen LogP contribution < -0.4 is 0 Å². The van der Waals surface area contributed by atoms with E-state index in [-0.39, 0.29) is 0 Å². The molecule has 12 heavy (non-hydrogen) atoms. The van der Waals surface area contributed by atoms with Crippen LogP contribution in [0.25, 0.3) is 0 Å². The van der Waals surface area contributed by atoms with Crippen molar-refractivity contribution in [3.63, 3.8) is 0 Å². The van der Waals surface area contributed by atoms with Crippen LogP contribution in [0.2, 0.25) is 0 Å². The second-order valence-corrected chi connectivity index (χ2v) is 3.89. The molecular weight excluding hydrogens is 174 g/mol. The zero-order chi connectivity index (χ0) is 9.03. The third-order valence-corrected chi connectivity index (χ3v) is 2.91. The van der Waals surface area contributed by atoms with Crippen LogP contribution in [0.3, 0.4) is 0 Å². The molecule has 0 amide bonds. The largest absolute Gasteiger partial charge is 0.389 e. The lowest BCUT2D eigenvalue weighted by atomic mass is 10.1. The average Bonchev–Trinajstić information content (AvgIpc) is 2.53. The summed E-state index contributed by atoms with van der Waals surface area (Å²) in [5.41, 5.74) is -0.614. The molecule has 5 heteroatoms. The zero-order valence-corrected chi connectivity index (χ0v) is 8.06. The van der Waals surface area contributed by atoms with Gasteiger partial charge >= 0.3 is 0 Å². The zero-order valence-electron chi connectivity index (χ0n) is 7.24. The van der Waals surface area contributed by atoms with Crippen molar-refractivity contribution in [1.29, 1.82) is 0 Å². The summed E-state index contributed by atoms with van der Waals surface area (Å²) in [7, 11) is 0. The Bertz CT molecular complexity index is 223. The molecule has 0 saturated heterocycles. The molecule has 2 N–H and O–H groups in total. The van der Waals surface area contributed by atoms with Gasteiger partial charge in [-0.3, -0.25) is 5.10 Å². The standard InChI is InChI=1S/C7H13N3OS/c1-3-7(2,11)4-12-6-8-5-9-10-6/h5,11H,3-4H2,1-2H3,(H,8,9,10). The van der Waals surface area contributed by atoms with Crippen LogP contribution in [0.15, 0.2) is 11.5 Å². The van der Waals surface area contributed by atoms with Crippen molar-refractivity contribution >= 4 is 11.8 Å². The predicted molar refractivity (Wildman–Crippen MR) is 48.0 cm³/mol. The molecule has 0 aliphatic heterocycles. The van der Waals surface area contributed by atoms with E-state index in [4.69, 9.17) is 0 Å². The van der Waals surface area contributed by atoms with Crippen molar-refractivity contribution in [2.75, 3.05) is 5.75 Å². The maximum Gasteiger partial charge on any atom is 0.183 e. The lowest BCUT2D eigenvalue weighted by Crippen LogP contribution is -2.25. The van der Waals surface area contributed by atoms with Crippen molar-refractivity contribution in [2.45, 2.75) is 31.0 Å². The van der Waals surface area contributed by atoms with Gasteiger partial charge in [0.15, 0.2) is 5.16 Å². The van der Waals surface area contributed by atoms with Crippen molar-refractivity contribution in [1.82, 2.24) is 15.2 Å². The van der Waals surface area contributed by atoms with E-state index < -0.39 is 5.60 Å². The Hall–Kier alpha value is -0.550. The van der Waals surface area contributed by atoms with E-state index in [1.165, 1.54) is 18.1 Å². The number of hydrogen-bond donors (Lipinski definition) is 2. The summed E-state index contributed by atoms with van der Waals surface area (Å²) in [6, 6.07) is 0. The molecule has 1 atom stereocenters. The van der Waals surface area contributed by atoms with Gasteiger partial charge in [-0.25, -0.2) is 4.98 Å². The van der Waals surface area contributed by atoms with Gasteiger partial charge in [0.1, 0.15) is 6.33 Å². The Morgan fingerprint density at radius 3 is 3.00 bits per heavy atom. The number of hydrogen-bond acceptors (Lipinski definition) is 4. The van der Waals surface area contributed by atoms with E-state index in [2.05, 4.69) is 15.2 Å². The Kier molecular flexibility index (Phi) is 3.11. The van der Waals surface area contributed by atoms with E-state index >= 15 is 0 Å². The molecule has 0 bridgehead atoms. The first-order valence-corrected chi connectivity index (χ1v) is 4.83. The van der Waals surface area contributed by atoms with E-state index in [9.17, 15) is 5.11 Å². The minimum Gasteiger partial charge on any atom is -0.389 e. The van der Waals surface area contributed by atoms with Gasteiger partial charge in [-0.05, 0) is 13.3 Å². The average molecular weight is 187 g/mol. The highest BCUT2D eigenvalue weighted by atomic mass is 32.2. The van der Waals surface area contributed by atoms with E-state index in [1.54, 1.807) is 0 Å². The van der Waals surface area contributed by atoms with Gasteiger partial charge in [-0.2, -0.15) is 5.10 Å². The maximum absolute atomic E-state index is 9.64. The first-order chi connectivity index (χ1) is 5.64. The van der Waals surface area contributed by atoms with Crippen LogP contribution in [-0.4, -0.2) is 31.6 Å². The predicted octanol–water partition coefficient (Wildman–Crippen LogP) is 1.06. The number of nitrogens with zero attached hydrogens (tertiary/aromatic N) is 2. The molecular formula is C7H13N3OS. The number of aromatic amines is 1. The number of H-pyrrole nitrogens is 1. The molecule has 0 fully saturated rings. The van der Waals surface area contributed by atoms with Gasteiger partial charge in [0, 0.05) is 5.75 Å². The number of aromatic nitrogens is 3. The molecule has 0 aliphatic carbocycles. The molecule has 0 saturated carbocycles. The van der Waals surface area contributed by atoms with Crippen LogP contribution in [0, 0.1) is 0 Å². The molecule has 0 spiro atoms. The number of aliphatic hydroxyl groups is 1. The topological polar surface area (TPSA) is 61.8 Å². The normalized spacial score (nSPS) is 15.9. The van der Waals surface area contributed by atoms with Crippen LogP contribution >= 0.6 is 11.8 Å². The summed E-state index contributed by atoms with van der Waals surface area (Å²) in [5.74, 6) is 0.638. The summed E-state index contributed by atoms with van der Waals surface area (Å²) in [6.45, 7) is 3.78.